The van der Waals surface area contributed by atoms with Crippen LogP contribution in [0.2, 0.25) is 0 Å². The van der Waals surface area contributed by atoms with Crippen molar-refractivity contribution in [2.45, 2.75) is 6.04 Å². The van der Waals surface area contributed by atoms with Gasteiger partial charge in [-0.05, 0) is 6.26 Å². The van der Waals surface area contributed by atoms with Crippen LogP contribution in [-0.4, -0.2) is 75.3 Å². The highest BCUT2D eigenvalue weighted by molar-refractivity contribution is 7.98. The zero-order valence-electron chi connectivity index (χ0n) is 10.0. The van der Waals surface area contributed by atoms with Crippen molar-refractivity contribution < 1.29 is 34.5 Å². The summed E-state index contributed by atoms with van der Waals surface area (Å²) in [6.45, 7) is -1.66. The molecular weight excluding hydrogens is 280 g/mol. The molecule has 10 heteroatoms. The highest BCUT2D eigenvalue weighted by Crippen LogP contribution is 1.99. The standard InChI is InChI=1S/C9H14N2O7S/c1-19-4-5(8(16)17)10-9(18)11(2-6(12)13)3-7(14)15/h5H,2-4H2,1H3,(H,10,18)(H,12,13)(H,14,15)(H,16,17). The van der Waals surface area contributed by atoms with Crippen molar-refractivity contribution in [3.8, 4) is 0 Å². The largest absolute Gasteiger partial charge is 0.480 e. The van der Waals surface area contributed by atoms with Crippen molar-refractivity contribution in [3.63, 3.8) is 0 Å². The van der Waals surface area contributed by atoms with Gasteiger partial charge in [0.15, 0.2) is 0 Å². The van der Waals surface area contributed by atoms with Crippen LogP contribution in [0.5, 0.6) is 0 Å². The fourth-order valence-electron chi connectivity index (χ4n) is 1.11. The van der Waals surface area contributed by atoms with Crippen LogP contribution in [0.15, 0.2) is 0 Å². The van der Waals surface area contributed by atoms with Crippen LogP contribution in [-0.2, 0) is 14.4 Å². The Labute approximate surface area is 112 Å². The molecule has 0 aliphatic rings. The van der Waals surface area contributed by atoms with Gasteiger partial charge in [-0.25, -0.2) is 9.59 Å². The molecule has 0 rings (SSSR count). The SMILES string of the molecule is CSCC(NC(=O)N(CC(=O)O)CC(=O)O)C(=O)O. The third-order valence-corrected chi connectivity index (χ3v) is 2.54. The van der Waals surface area contributed by atoms with Gasteiger partial charge in [-0.15, -0.1) is 0 Å². The Morgan fingerprint density at radius 1 is 1.11 bits per heavy atom. The van der Waals surface area contributed by atoms with Gasteiger partial charge < -0.3 is 25.5 Å². The molecule has 2 amide bonds. The van der Waals surface area contributed by atoms with E-state index in [9.17, 15) is 19.2 Å². The average Bonchev–Trinajstić information content (AvgIpc) is 2.25. The summed E-state index contributed by atoms with van der Waals surface area (Å²) in [5.41, 5.74) is 0. The first-order valence-corrected chi connectivity index (χ1v) is 6.38. The summed E-state index contributed by atoms with van der Waals surface area (Å²) in [6.07, 6.45) is 1.63. The lowest BCUT2D eigenvalue weighted by Crippen LogP contribution is -2.51. The molecule has 0 aromatic heterocycles. The van der Waals surface area contributed by atoms with Gasteiger partial charge >= 0.3 is 23.9 Å². The molecule has 0 aromatic carbocycles. The second-order valence-corrected chi connectivity index (χ2v) is 4.35. The molecule has 0 aliphatic heterocycles. The molecule has 0 fully saturated rings. The lowest BCUT2D eigenvalue weighted by atomic mass is 10.3. The summed E-state index contributed by atoms with van der Waals surface area (Å²) in [6, 6.07) is -2.26. The van der Waals surface area contributed by atoms with Gasteiger partial charge in [0.05, 0.1) is 0 Å². The van der Waals surface area contributed by atoms with E-state index in [4.69, 9.17) is 15.3 Å². The maximum Gasteiger partial charge on any atom is 0.327 e. The van der Waals surface area contributed by atoms with E-state index < -0.39 is 43.1 Å². The highest BCUT2D eigenvalue weighted by Gasteiger charge is 2.25. The summed E-state index contributed by atoms with van der Waals surface area (Å²) in [7, 11) is 0. The van der Waals surface area contributed by atoms with E-state index in [0.29, 0.717) is 4.90 Å². The van der Waals surface area contributed by atoms with E-state index in [-0.39, 0.29) is 5.75 Å². The van der Waals surface area contributed by atoms with Crippen LogP contribution in [0.25, 0.3) is 0 Å². The number of carbonyl (C=O) groups excluding carboxylic acids is 1. The van der Waals surface area contributed by atoms with Gasteiger partial charge in [0.2, 0.25) is 0 Å². The Morgan fingerprint density at radius 3 is 1.89 bits per heavy atom. The van der Waals surface area contributed by atoms with Crippen molar-refractivity contribution in [1.29, 1.82) is 0 Å². The van der Waals surface area contributed by atoms with Crippen molar-refractivity contribution in [2.75, 3.05) is 25.1 Å². The van der Waals surface area contributed by atoms with Crippen LogP contribution in [0.3, 0.4) is 0 Å². The number of carbonyl (C=O) groups is 4. The molecule has 0 heterocycles. The predicted octanol–water partition coefficient (Wildman–Crippen LogP) is -1.02. The van der Waals surface area contributed by atoms with Gasteiger partial charge in [0.25, 0.3) is 0 Å². The van der Waals surface area contributed by atoms with E-state index in [1.807, 2.05) is 0 Å². The number of urea groups is 1. The molecule has 19 heavy (non-hydrogen) atoms. The maximum atomic E-state index is 11.6. The van der Waals surface area contributed by atoms with Crippen molar-refractivity contribution in [2.24, 2.45) is 0 Å². The monoisotopic (exact) mass is 294 g/mol. The molecule has 0 bridgehead atoms. The van der Waals surface area contributed by atoms with E-state index >= 15 is 0 Å². The Morgan fingerprint density at radius 2 is 1.58 bits per heavy atom. The molecule has 1 unspecified atom stereocenters. The second-order valence-electron chi connectivity index (χ2n) is 3.44. The van der Waals surface area contributed by atoms with Gasteiger partial charge in [0.1, 0.15) is 19.1 Å². The van der Waals surface area contributed by atoms with E-state index in [1.54, 1.807) is 6.26 Å². The first-order chi connectivity index (χ1) is 8.77. The van der Waals surface area contributed by atoms with Crippen LogP contribution in [0.4, 0.5) is 4.79 Å². The first kappa shape index (κ1) is 17.0. The number of carboxylic acid groups (broad SMARTS) is 3. The van der Waals surface area contributed by atoms with Crippen LogP contribution in [0.1, 0.15) is 0 Å². The fourth-order valence-corrected chi connectivity index (χ4v) is 1.67. The zero-order chi connectivity index (χ0) is 15.0. The summed E-state index contributed by atoms with van der Waals surface area (Å²) in [5, 5.41) is 28.0. The topological polar surface area (TPSA) is 144 Å². The Hall–Kier alpha value is -1.97. The van der Waals surface area contributed by atoms with E-state index in [2.05, 4.69) is 5.32 Å². The van der Waals surface area contributed by atoms with Crippen molar-refractivity contribution in [1.82, 2.24) is 10.2 Å². The lowest BCUT2D eigenvalue weighted by molar-refractivity contribution is -0.140. The summed E-state index contributed by atoms with van der Waals surface area (Å²) < 4.78 is 0. The fraction of sp³-hybridized carbons (Fsp3) is 0.556. The molecule has 0 spiro atoms. The molecule has 0 radical (unpaired) electrons. The molecule has 108 valence electrons. The molecule has 0 aliphatic carbocycles. The van der Waals surface area contributed by atoms with Gasteiger partial charge in [-0.1, -0.05) is 0 Å². The number of hydrogen-bond acceptors (Lipinski definition) is 5. The minimum Gasteiger partial charge on any atom is -0.480 e. The Bertz CT molecular complexity index is 358. The third-order valence-electron chi connectivity index (χ3n) is 1.87. The van der Waals surface area contributed by atoms with Crippen LogP contribution < -0.4 is 5.32 Å². The van der Waals surface area contributed by atoms with E-state index in [1.165, 1.54) is 11.8 Å². The van der Waals surface area contributed by atoms with Gasteiger partial charge in [-0.2, -0.15) is 11.8 Å². The number of carboxylic acids is 3. The molecule has 9 nitrogen and oxygen atoms in total. The quantitative estimate of drug-likeness (QED) is 0.445. The number of nitrogens with one attached hydrogen (secondary N) is 1. The molecule has 0 saturated heterocycles. The number of aliphatic carboxylic acids is 3. The summed E-state index contributed by atoms with van der Waals surface area (Å²) in [4.78, 5) is 43.9. The summed E-state index contributed by atoms with van der Waals surface area (Å²) >= 11 is 1.17. The summed E-state index contributed by atoms with van der Waals surface area (Å²) in [5.74, 6) is -4.00. The molecule has 0 aromatic rings. The average molecular weight is 294 g/mol. The maximum absolute atomic E-state index is 11.6. The van der Waals surface area contributed by atoms with Gasteiger partial charge in [0, 0.05) is 5.75 Å². The molecule has 4 N–H and O–H groups in total. The number of rotatable bonds is 8. The Balaban J connectivity index is 4.72. The predicted molar refractivity (Wildman–Crippen MR) is 65.2 cm³/mol. The van der Waals surface area contributed by atoms with E-state index in [0.717, 1.165) is 0 Å². The normalized spacial score (nSPS) is 11.4. The van der Waals surface area contributed by atoms with Crippen molar-refractivity contribution >= 4 is 35.7 Å². The minimum atomic E-state index is -1.40. The smallest absolute Gasteiger partial charge is 0.327 e. The first-order valence-electron chi connectivity index (χ1n) is 4.98. The number of hydrogen-bond donors (Lipinski definition) is 4. The second kappa shape index (κ2) is 8.19. The highest BCUT2D eigenvalue weighted by atomic mass is 32.2. The number of thioether (sulfide) groups is 1. The number of amides is 2. The molecule has 0 saturated carbocycles. The van der Waals surface area contributed by atoms with Crippen molar-refractivity contribution in [3.05, 3.63) is 0 Å². The molecular formula is C9H14N2O7S. The van der Waals surface area contributed by atoms with Gasteiger partial charge in [-0.3, -0.25) is 9.59 Å². The van der Waals surface area contributed by atoms with Crippen LogP contribution >= 0.6 is 11.8 Å². The zero-order valence-corrected chi connectivity index (χ0v) is 10.8. The third kappa shape index (κ3) is 7.13. The minimum absolute atomic E-state index is 0.0784. The Kier molecular flexibility index (Phi) is 7.34. The molecule has 1 atom stereocenters. The lowest BCUT2D eigenvalue weighted by Gasteiger charge is -2.21. The number of nitrogens with zero attached hydrogens (tertiary/aromatic N) is 1. The van der Waals surface area contributed by atoms with Crippen LogP contribution in [0, 0.1) is 0 Å².